The maximum absolute atomic E-state index is 13.4. The molecule has 5 nitrogen and oxygen atoms in total. The quantitative estimate of drug-likeness (QED) is 0.257. The Morgan fingerprint density at radius 2 is 1.81 bits per heavy atom. The standard InChI is InChI=1S/C18H20Cl2FN3O2.HI/c1-2-22-18(23-9-11-3-4-16(25)15(21)5-11)24-10-17(26)12-6-13(19)8-14(20)7-12;/h3-8,17,25-26H,2,9-10H2,1H3,(H2,22,23,24);1H. The van der Waals surface area contributed by atoms with Crippen LogP contribution in [-0.4, -0.2) is 29.3 Å². The van der Waals surface area contributed by atoms with Crippen molar-refractivity contribution in [2.24, 2.45) is 4.99 Å². The number of benzene rings is 2. The number of hydrogen-bond acceptors (Lipinski definition) is 3. The first-order valence-corrected chi connectivity index (χ1v) is 8.78. The van der Waals surface area contributed by atoms with E-state index in [1.165, 1.54) is 12.1 Å². The molecule has 1 atom stereocenters. The first-order chi connectivity index (χ1) is 12.4. The van der Waals surface area contributed by atoms with Gasteiger partial charge in [-0.3, -0.25) is 0 Å². The monoisotopic (exact) mass is 527 g/mol. The summed E-state index contributed by atoms with van der Waals surface area (Å²) in [4.78, 5) is 4.34. The Kier molecular flexibility index (Phi) is 10.1. The Bertz CT molecular complexity index is 773. The molecule has 0 radical (unpaired) electrons. The van der Waals surface area contributed by atoms with Crippen molar-refractivity contribution in [3.8, 4) is 5.75 Å². The SMILES string of the molecule is CCNC(=NCc1ccc(O)c(F)c1)NCC(O)c1cc(Cl)cc(Cl)c1.I. The summed E-state index contributed by atoms with van der Waals surface area (Å²) in [5, 5.41) is 26.5. The van der Waals surface area contributed by atoms with Crippen molar-refractivity contribution < 1.29 is 14.6 Å². The Hall–Kier alpha value is -1.29. The van der Waals surface area contributed by atoms with Crippen LogP contribution in [0.3, 0.4) is 0 Å². The summed E-state index contributed by atoms with van der Waals surface area (Å²) in [6, 6.07) is 8.98. The molecule has 0 aliphatic heterocycles. The fraction of sp³-hybridized carbons (Fsp3) is 0.278. The summed E-state index contributed by atoms with van der Waals surface area (Å²) in [6.45, 7) is 2.93. The molecular weight excluding hydrogens is 507 g/mol. The number of halogens is 4. The van der Waals surface area contributed by atoms with Crippen LogP contribution in [0.25, 0.3) is 0 Å². The summed E-state index contributed by atoms with van der Waals surface area (Å²) in [6.07, 6.45) is -0.832. The lowest BCUT2D eigenvalue weighted by Gasteiger charge is -2.16. The Labute approximate surface area is 184 Å². The second kappa shape index (κ2) is 11.5. The minimum atomic E-state index is -0.832. The molecular formula is C18H21Cl2FIN3O2. The summed E-state index contributed by atoms with van der Waals surface area (Å²) >= 11 is 11.9. The smallest absolute Gasteiger partial charge is 0.191 e. The van der Waals surface area contributed by atoms with E-state index in [0.717, 1.165) is 0 Å². The molecule has 0 bridgehead atoms. The van der Waals surface area contributed by atoms with Gasteiger partial charge < -0.3 is 20.8 Å². The first-order valence-electron chi connectivity index (χ1n) is 8.02. The number of rotatable bonds is 6. The molecule has 4 N–H and O–H groups in total. The van der Waals surface area contributed by atoms with Crippen LogP contribution in [0.15, 0.2) is 41.4 Å². The molecule has 2 aromatic carbocycles. The van der Waals surface area contributed by atoms with Gasteiger partial charge in [0.1, 0.15) is 0 Å². The third-order valence-electron chi connectivity index (χ3n) is 3.51. The number of guanidine groups is 1. The zero-order chi connectivity index (χ0) is 19.1. The van der Waals surface area contributed by atoms with Crippen LogP contribution in [0, 0.1) is 5.82 Å². The molecule has 0 aliphatic rings. The van der Waals surface area contributed by atoms with E-state index in [4.69, 9.17) is 23.2 Å². The minimum Gasteiger partial charge on any atom is -0.505 e. The maximum atomic E-state index is 13.4. The van der Waals surface area contributed by atoms with Gasteiger partial charge in [-0.15, -0.1) is 24.0 Å². The van der Waals surface area contributed by atoms with Crippen LogP contribution in [0.5, 0.6) is 5.75 Å². The van der Waals surface area contributed by atoms with Crippen molar-refractivity contribution in [2.75, 3.05) is 13.1 Å². The number of phenolic OH excluding ortho intramolecular Hbond substituents is 1. The highest BCUT2D eigenvalue weighted by Gasteiger charge is 2.10. The summed E-state index contributed by atoms with van der Waals surface area (Å²) in [5.74, 6) is -0.622. The predicted octanol–water partition coefficient (Wildman–Crippen LogP) is 4.24. The van der Waals surface area contributed by atoms with Gasteiger partial charge in [-0.05, 0) is 48.4 Å². The van der Waals surface area contributed by atoms with Crippen LogP contribution in [-0.2, 0) is 6.54 Å². The van der Waals surface area contributed by atoms with Gasteiger partial charge in [0, 0.05) is 23.1 Å². The number of phenols is 1. The van der Waals surface area contributed by atoms with E-state index >= 15 is 0 Å². The van der Waals surface area contributed by atoms with E-state index in [-0.39, 0.29) is 37.1 Å². The van der Waals surface area contributed by atoms with Crippen LogP contribution in [0.4, 0.5) is 4.39 Å². The molecule has 27 heavy (non-hydrogen) atoms. The number of hydrogen-bond donors (Lipinski definition) is 4. The van der Waals surface area contributed by atoms with Crippen molar-refractivity contribution in [2.45, 2.75) is 19.6 Å². The normalized spacial score (nSPS) is 12.3. The molecule has 0 aromatic heterocycles. The molecule has 148 valence electrons. The highest BCUT2D eigenvalue weighted by atomic mass is 127. The zero-order valence-corrected chi connectivity index (χ0v) is 18.4. The number of nitrogens with one attached hydrogen (secondary N) is 2. The Morgan fingerprint density at radius 1 is 1.15 bits per heavy atom. The number of aliphatic imine (C=N–C) groups is 1. The molecule has 0 saturated heterocycles. The predicted molar refractivity (Wildman–Crippen MR) is 118 cm³/mol. The van der Waals surface area contributed by atoms with Gasteiger partial charge in [-0.25, -0.2) is 9.38 Å². The fourth-order valence-electron chi connectivity index (χ4n) is 2.24. The number of aliphatic hydroxyl groups excluding tert-OH is 1. The van der Waals surface area contributed by atoms with Gasteiger partial charge in [0.15, 0.2) is 17.5 Å². The molecule has 0 amide bonds. The highest BCUT2D eigenvalue weighted by molar-refractivity contribution is 14.0. The largest absolute Gasteiger partial charge is 0.505 e. The maximum Gasteiger partial charge on any atom is 0.191 e. The van der Waals surface area contributed by atoms with Crippen LogP contribution in [0.1, 0.15) is 24.2 Å². The molecule has 0 aliphatic carbocycles. The van der Waals surface area contributed by atoms with Gasteiger partial charge in [0.2, 0.25) is 0 Å². The lowest BCUT2D eigenvalue weighted by atomic mass is 10.1. The zero-order valence-electron chi connectivity index (χ0n) is 14.5. The minimum absolute atomic E-state index is 0. The highest BCUT2D eigenvalue weighted by Crippen LogP contribution is 2.23. The van der Waals surface area contributed by atoms with E-state index in [2.05, 4.69) is 15.6 Å². The molecule has 0 heterocycles. The third-order valence-corrected chi connectivity index (χ3v) is 3.95. The van der Waals surface area contributed by atoms with Gasteiger partial charge in [-0.1, -0.05) is 29.3 Å². The van der Waals surface area contributed by atoms with Gasteiger partial charge in [-0.2, -0.15) is 0 Å². The molecule has 2 aromatic rings. The molecule has 1 unspecified atom stereocenters. The first kappa shape index (κ1) is 23.7. The van der Waals surface area contributed by atoms with E-state index in [9.17, 15) is 14.6 Å². The van der Waals surface area contributed by atoms with Crippen molar-refractivity contribution >= 4 is 53.1 Å². The Balaban J connectivity index is 0.00000364. The van der Waals surface area contributed by atoms with E-state index in [1.807, 2.05) is 6.92 Å². The van der Waals surface area contributed by atoms with Crippen molar-refractivity contribution in [1.29, 1.82) is 0 Å². The molecule has 0 fully saturated rings. The number of nitrogens with zero attached hydrogens (tertiary/aromatic N) is 1. The number of aromatic hydroxyl groups is 1. The van der Waals surface area contributed by atoms with Gasteiger partial charge in [0.25, 0.3) is 0 Å². The average Bonchev–Trinajstić information content (AvgIpc) is 2.59. The number of aliphatic hydroxyl groups is 1. The van der Waals surface area contributed by atoms with E-state index in [1.54, 1.807) is 24.3 Å². The lowest BCUT2D eigenvalue weighted by molar-refractivity contribution is 0.181. The third kappa shape index (κ3) is 7.69. The molecule has 9 heteroatoms. The van der Waals surface area contributed by atoms with Crippen LogP contribution < -0.4 is 10.6 Å². The molecule has 0 spiro atoms. The second-order valence-electron chi connectivity index (χ2n) is 5.58. The van der Waals surface area contributed by atoms with E-state index < -0.39 is 17.7 Å². The van der Waals surface area contributed by atoms with Crippen LogP contribution >= 0.6 is 47.2 Å². The van der Waals surface area contributed by atoms with Crippen molar-refractivity contribution in [3.63, 3.8) is 0 Å². The second-order valence-corrected chi connectivity index (χ2v) is 6.45. The van der Waals surface area contributed by atoms with Crippen molar-refractivity contribution in [1.82, 2.24) is 10.6 Å². The lowest BCUT2D eigenvalue weighted by Crippen LogP contribution is -2.39. The fourth-order valence-corrected chi connectivity index (χ4v) is 2.78. The van der Waals surface area contributed by atoms with Crippen LogP contribution in [0.2, 0.25) is 10.0 Å². The molecule has 0 saturated carbocycles. The van der Waals surface area contributed by atoms with Crippen molar-refractivity contribution in [3.05, 3.63) is 63.4 Å². The van der Waals surface area contributed by atoms with Gasteiger partial charge >= 0.3 is 0 Å². The topological polar surface area (TPSA) is 76.9 Å². The van der Waals surface area contributed by atoms with E-state index in [0.29, 0.717) is 33.7 Å². The Morgan fingerprint density at radius 3 is 2.41 bits per heavy atom. The summed E-state index contributed by atoms with van der Waals surface area (Å²) in [7, 11) is 0. The van der Waals surface area contributed by atoms with Gasteiger partial charge in [0.05, 0.1) is 12.6 Å². The summed E-state index contributed by atoms with van der Waals surface area (Å²) in [5.41, 5.74) is 1.20. The average molecular weight is 528 g/mol. The summed E-state index contributed by atoms with van der Waals surface area (Å²) < 4.78 is 13.4. The molecule has 2 rings (SSSR count).